The van der Waals surface area contributed by atoms with Gasteiger partial charge < -0.3 is 19.8 Å². The second kappa shape index (κ2) is 9.22. The van der Waals surface area contributed by atoms with Crippen LogP contribution >= 0.6 is 0 Å². The van der Waals surface area contributed by atoms with Crippen LogP contribution < -0.4 is 47.9 Å². The third-order valence-electron chi connectivity index (χ3n) is 1.24. The third-order valence-corrected chi connectivity index (χ3v) is 1.24. The van der Waals surface area contributed by atoms with Crippen molar-refractivity contribution in [3.63, 3.8) is 0 Å². The zero-order valence-corrected chi connectivity index (χ0v) is 7.62. The molecule has 0 saturated heterocycles. The summed E-state index contributed by atoms with van der Waals surface area (Å²) in [4.78, 5) is 19.9. The van der Waals surface area contributed by atoms with Crippen LogP contribution in [0.5, 0.6) is 0 Å². The average Bonchev–Trinajstić information content (AvgIpc) is 1.81. The minimum atomic E-state index is -1.35. The number of hydrogen-bond donors (Lipinski definition) is 0. The maximum atomic E-state index is 10.1. The molecular weight excluding hydrogens is 150 g/mol. The molecule has 0 aromatic carbocycles. The molecule has 0 aromatic rings. The quantitative estimate of drug-likeness (QED) is 0.380. The van der Waals surface area contributed by atoms with Crippen LogP contribution in [0.4, 0.5) is 0 Å². The van der Waals surface area contributed by atoms with Gasteiger partial charge in [-0.2, -0.15) is 0 Å². The first kappa shape index (κ1) is 18.0. The van der Waals surface area contributed by atoms with Gasteiger partial charge in [0.2, 0.25) is 0 Å². The van der Waals surface area contributed by atoms with E-state index in [0.717, 1.165) is 0 Å². The number of carbonyl (C=O) groups excluding carboxylic acids is 2. The van der Waals surface area contributed by atoms with Gasteiger partial charge in [0.15, 0.2) is 0 Å². The average molecular weight is 158 g/mol. The summed E-state index contributed by atoms with van der Waals surface area (Å²) in [6.07, 6.45) is -0.199. The van der Waals surface area contributed by atoms with E-state index in [1.807, 2.05) is 0 Å². The van der Waals surface area contributed by atoms with Crippen molar-refractivity contribution in [3.8, 4) is 0 Å². The molecule has 0 amide bonds. The van der Waals surface area contributed by atoms with Gasteiger partial charge in [-0.25, -0.2) is 0 Å². The summed E-state index contributed by atoms with van der Waals surface area (Å²) in [5.74, 6) is -3.59. The van der Waals surface area contributed by atoms with Crippen molar-refractivity contribution in [2.75, 3.05) is 0 Å². The van der Waals surface area contributed by atoms with E-state index in [1.54, 1.807) is 6.92 Å². The van der Waals surface area contributed by atoms with Crippen LogP contribution in [0.3, 0.4) is 0 Å². The van der Waals surface area contributed by atoms with Gasteiger partial charge in [-0.15, -0.1) is 0 Å². The largest absolute Gasteiger partial charge is 1.00 e. The zero-order chi connectivity index (χ0) is 8.15. The van der Waals surface area contributed by atoms with E-state index in [2.05, 4.69) is 0 Å². The summed E-state index contributed by atoms with van der Waals surface area (Å²) in [5, 5.41) is 19.9. The van der Waals surface area contributed by atoms with Crippen LogP contribution in [0.1, 0.15) is 19.8 Å². The standard InChI is InChI=1S/C6H10O4.2Li/c1-2-4(6(9)10)3-5(7)8;;/h4H,2-3H2,1H3,(H,7,8)(H,9,10);;/q;2*+1/p-2. The Morgan fingerprint density at radius 2 is 1.67 bits per heavy atom. The molecule has 0 aliphatic carbocycles. The number of carboxylic acids is 2. The Morgan fingerprint density at radius 1 is 1.25 bits per heavy atom. The van der Waals surface area contributed by atoms with Gasteiger partial charge in [0.05, 0.1) is 0 Å². The molecule has 0 aliphatic rings. The van der Waals surface area contributed by atoms with Crippen molar-refractivity contribution in [2.24, 2.45) is 5.92 Å². The Morgan fingerprint density at radius 3 is 1.75 bits per heavy atom. The molecule has 6 heteroatoms. The van der Waals surface area contributed by atoms with Crippen LogP contribution in [0, 0.1) is 5.92 Å². The fourth-order valence-electron chi connectivity index (χ4n) is 0.596. The van der Waals surface area contributed by atoms with E-state index in [-0.39, 0.29) is 44.1 Å². The second-order valence-electron chi connectivity index (χ2n) is 2.00. The van der Waals surface area contributed by atoms with Crippen molar-refractivity contribution in [3.05, 3.63) is 0 Å². The minimum absolute atomic E-state index is 0. The predicted molar refractivity (Wildman–Crippen MR) is 28.4 cm³/mol. The molecule has 1 atom stereocenters. The summed E-state index contributed by atoms with van der Waals surface area (Å²) in [6.45, 7) is 1.59. The molecular formula is C6H8Li2O4. The summed E-state index contributed by atoms with van der Waals surface area (Å²) in [5.41, 5.74) is 0. The first-order chi connectivity index (χ1) is 4.57. The maximum absolute atomic E-state index is 10.1. The van der Waals surface area contributed by atoms with Gasteiger partial charge in [0.1, 0.15) is 0 Å². The number of aliphatic carboxylic acids is 2. The Bertz CT molecular complexity index is 148. The smallest absolute Gasteiger partial charge is 0.550 e. The Labute approximate surface area is 95.1 Å². The molecule has 0 heterocycles. The second-order valence-corrected chi connectivity index (χ2v) is 2.00. The molecule has 0 N–H and O–H groups in total. The van der Waals surface area contributed by atoms with Crippen molar-refractivity contribution >= 4 is 11.9 Å². The van der Waals surface area contributed by atoms with E-state index < -0.39 is 24.3 Å². The van der Waals surface area contributed by atoms with E-state index in [9.17, 15) is 19.8 Å². The molecule has 12 heavy (non-hydrogen) atoms. The van der Waals surface area contributed by atoms with Crippen LogP contribution in [0.25, 0.3) is 0 Å². The maximum Gasteiger partial charge on any atom is 1.00 e. The molecule has 1 unspecified atom stereocenters. The number of rotatable bonds is 4. The summed E-state index contributed by atoms with van der Waals surface area (Å²) in [6, 6.07) is 0. The number of carboxylic acid groups (broad SMARTS) is 2. The Balaban J connectivity index is -0.000000405. The molecule has 0 rings (SSSR count). The minimum Gasteiger partial charge on any atom is -0.550 e. The van der Waals surface area contributed by atoms with E-state index in [0.29, 0.717) is 0 Å². The first-order valence-corrected chi connectivity index (χ1v) is 2.98. The monoisotopic (exact) mass is 158 g/mol. The Kier molecular flexibility index (Phi) is 13.9. The molecule has 0 fully saturated rings. The van der Waals surface area contributed by atoms with Crippen LogP contribution in [-0.2, 0) is 9.59 Å². The number of carbonyl (C=O) groups is 2. The van der Waals surface area contributed by atoms with Crippen LogP contribution in [0.15, 0.2) is 0 Å². The summed E-state index contributed by atoms with van der Waals surface area (Å²) < 4.78 is 0. The number of hydrogen-bond acceptors (Lipinski definition) is 4. The molecule has 4 nitrogen and oxygen atoms in total. The van der Waals surface area contributed by atoms with Gasteiger partial charge in [-0.1, -0.05) is 6.92 Å². The van der Waals surface area contributed by atoms with Gasteiger partial charge in [0, 0.05) is 17.9 Å². The fraction of sp³-hybridized carbons (Fsp3) is 0.667. The normalized spacial score (nSPS) is 10.4. The van der Waals surface area contributed by atoms with Gasteiger partial charge in [0.25, 0.3) is 0 Å². The van der Waals surface area contributed by atoms with Crippen molar-refractivity contribution < 1.29 is 57.5 Å². The summed E-state index contributed by atoms with van der Waals surface area (Å²) in [7, 11) is 0. The topological polar surface area (TPSA) is 80.3 Å². The fourth-order valence-corrected chi connectivity index (χ4v) is 0.596. The summed E-state index contributed by atoms with van der Waals surface area (Å²) >= 11 is 0. The van der Waals surface area contributed by atoms with E-state index >= 15 is 0 Å². The van der Waals surface area contributed by atoms with Crippen molar-refractivity contribution in [1.29, 1.82) is 0 Å². The van der Waals surface area contributed by atoms with Gasteiger partial charge in [-0.05, 0) is 12.8 Å². The van der Waals surface area contributed by atoms with Crippen molar-refractivity contribution in [2.45, 2.75) is 19.8 Å². The molecule has 0 spiro atoms. The van der Waals surface area contributed by atoms with Gasteiger partial charge >= 0.3 is 37.7 Å². The van der Waals surface area contributed by atoms with E-state index in [1.165, 1.54) is 0 Å². The molecule has 0 saturated carbocycles. The van der Waals surface area contributed by atoms with Crippen molar-refractivity contribution in [1.82, 2.24) is 0 Å². The first-order valence-electron chi connectivity index (χ1n) is 2.98. The SMILES string of the molecule is CCC(CC(=O)[O-])C(=O)[O-].[Li+].[Li+]. The molecule has 58 valence electrons. The third kappa shape index (κ3) is 8.23. The predicted octanol–water partition coefficient (Wildman–Crippen LogP) is -8.09. The molecule has 0 bridgehead atoms. The van der Waals surface area contributed by atoms with E-state index in [4.69, 9.17) is 0 Å². The zero-order valence-electron chi connectivity index (χ0n) is 7.62. The Hall–Kier alpha value is 0.135. The van der Waals surface area contributed by atoms with Crippen LogP contribution in [-0.4, -0.2) is 11.9 Å². The molecule has 0 radical (unpaired) electrons. The van der Waals surface area contributed by atoms with Gasteiger partial charge in [-0.3, -0.25) is 0 Å². The molecule has 0 aliphatic heterocycles. The molecule has 0 aromatic heterocycles. The van der Waals surface area contributed by atoms with Crippen LogP contribution in [0.2, 0.25) is 0 Å².